The fourth-order valence-corrected chi connectivity index (χ4v) is 1.87. The Hall–Kier alpha value is -1.24. The Bertz CT molecular complexity index is 362. The van der Waals surface area contributed by atoms with Crippen molar-refractivity contribution in [2.45, 2.75) is 26.7 Å². The average Bonchev–Trinajstić information content (AvgIpc) is 2.16. The minimum absolute atomic E-state index is 0.543. The standard InChI is InChI=1S/C14H21N/c1-10(2)12-8-7-9-13(11(3)4)14(12)15(5)6/h7-9,11H,1H2,2-6H3. The second kappa shape index (κ2) is 4.52. The highest BCUT2D eigenvalue weighted by molar-refractivity contribution is 5.77. The highest BCUT2D eigenvalue weighted by atomic mass is 15.1. The van der Waals surface area contributed by atoms with E-state index in [4.69, 9.17) is 0 Å². The quantitative estimate of drug-likeness (QED) is 0.720. The lowest BCUT2D eigenvalue weighted by Crippen LogP contribution is -2.14. The summed E-state index contributed by atoms with van der Waals surface area (Å²) in [5.41, 5.74) is 5.08. The first-order valence-corrected chi connectivity index (χ1v) is 5.41. The van der Waals surface area contributed by atoms with E-state index in [2.05, 4.69) is 64.5 Å². The molecule has 0 N–H and O–H groups in total. The molecule has 0 aromatic heterocycles. The van der Waals surface area contributed by atoms with E-state index in [0.29, 0.717) is 5.92 Å². The van der Waals surface area contributed by atoms with Crippen LogP contribution in [0.25, 0.3) is 5.57 Å². The summed E-state index contributed by atoms with van der Waals surface area (Å²) in [6.07, 6.45) is 0. The summed E-state index contributed by atoms with van der Waals surface area (Å²) in [7, 11) is 4.18. The highest BCUT2D eigenvalue weighted by Crippen LogP contribution is 2.33. The number of anilines is 1. The van der Waals surface area contributed by atoms with E-state index in [1.54, 1.807) is 0 Å². The summed E-state index contributed by atoms with van der Waals surface area (Å²) in [4.78, 5) is 2.18. The second-order valence-electron chi connectivity index (χ2n) is 4.57. The van der Waals surface area contributed by atoms with Crippen LogP contribution in [-0.4, -0.2) is 14.1 Å². The Labute approximate surface area is 93.4 Å². The van der Waals surface area contributed by atoms with Crippen molar-refractivity contribution in [2.75, 3.05) is 19.0 Å². The fraction of sp³-hybridized carbons (Fsp3) is 0.429. The number of para-hydroxylation sites is 1. The molecule has 1 aromatic carbocycles. The van der Waals surface area contributed by atoms with Gasteiger partial charge in [-0.3, -0.25) is 0 Å². The van der Waals surface area contributed by atoms with Crippen molar-refractivity contribution in [2.24, 2.45) is 0 Å². The smallest absolute Gasteiger partial charge is 0.0472 e. The van der Waals surface area contributed by atoms with E-state index < -0.39 is 0 Å². The van der Waals surface area contributed by atoms with Gasteiger partial charge in [-0.1, -0.05) is 38.6 Å². The summed E-state index contributed by atoms with van der Waals surface area (Å²) < 4.78 is 0. The van der Waals surface area contributed by atoms with Gasteiger partial charge in [-0.05, 0) is 24.0 Å². The number of hydrogen-bond donors (Lipinski definition) is 0. The van der Waals surface area contributed by atoms with Crippen molar-refractivity contribution in [3.63, 3.8) is 0 Å². The van der Waals surface area contributed by atoms with Crippen LogP contribution >= 0.6 is 0 Å². The first kappa shape index (κ1) is 11.8. The van der Waals surface area contributed by atoms with Crippen LogP contribution in [-0.2, 0) is 0 Å². The second-order valence-corrected chi connectivity index (χ2v) is 4.57. The molecule has 0 spiro atoms. The third kappa shape index (κ3) is 2.41. The predicted octanol–water partition coefficient (Wildman–Crippen LogP) is 3.91. The molecule has 0 fully saturated rings. The first-order valence-electron chi connectivity index (χ1n) is 5.41. The van der Waals surface area contributed by atoms with Gasteiger partial charge in [0.25, 0.3) is 0 Å². The van der Waals surface area contributed by atoms with Gasteiger partial charge in [-0.2, -0.15) is 0 Å². The SMILES string of the molecule is C=C(C)c1cccc(C(C)C)c1N(C)C. The molecule has 0 heterocycles. The van der Waals surface area contributed by atoms with Crippen LogP contribution in [0.5, 0.6) is 0 Å². The van der Waals surface area contributed by atoms with E-state index in [1.807, 2.05) is 0 Å². The molecular formula is C14H21N. The molecule has 0 aliphatic carbocycles. The van der Waals surface area contributed by atoms with E-state index in [9.17, 15) is 0 Å². The van der Waals surface area contributed by atoms with Gasteiger partial charge in [0.1, 0.15) is 0 Å². The largest absolute Gasteiger partial charge is 0.377 e. The zero-order valence-electron chi connectivity index (χ0n) is 10.5. The third-order valence-corrected chi connectivity index (χ3v) is 2.60. The van der Waals surface area contributed by atoms with E-state index in [-0.39, 0.29) is 0 Å². The lowest BCUT2D eigenvalue weighted by atomic mass is 9.94. The Balaban J connectivity index is 3.42. The molecule has 0 amide bonds. The van der Waals surface area contributed by atoms with Crippen LogP contribution in [0.4, 0.5) is 5.69 Å². The summed E-state index contributed by atoms with van der Waals surface area (Å²) >= 11 is 0. The Morgan fingerprint density at radius 2 is 1.87 bits per heavy atom. The minimum atomic E-state index is 0.543. The van der Waals surface area contributed by atoms with Crippen LogP contribution in [0.1, 0.15) is 37.8 Å². The summed E-state index contributed by atoms with van der Waals surface area (Å²) in [5.74, 6) is 0.543. The van der Waals surface area contributed by atoms with Gasteiger partial charge in [0.15, 0.2) is 0 Å². The van der Waals surface area contributed by atoms with Crippen LogP contribution in [0.15, 0.2) is 24.8 Å². The van der Waals surface area contributed by atoms with Crippen LogP contribution in [0.2, 0.25) is 0 Å². The Morgan fingerprint density at radius 1 is 1.27 bits per heavy atom. The molecule has 15 heavy (non-hydrogen) atoms. The minimum Gasteiger partial charge on any atom is -0.377 e. The van der Waals surface area contributed by atoms with Crippen LogP contribution in [0, 0.1) is 0 Å². The number of benzene rings is 1. The Morgan fingerprint density at radius 3 is 2.27 bits per heavy atom. The third-order valence-electron chi connectivity index (χ3n) is 2.60. The molecule has 1 aromatic rings. The van der Waals surface area contributed by atoms with Crippen molar-refractivity contribution in [3.05, 3.63) is 35.9 Å². The molecule has 0 saturated heterocycles. The van der Waals surface area contributed by atoms with Gasteiger partial charge < -0.3 is 4.90 Å². The molecule has 0 unspecified atom stereocenters. The van der Waals surface area contributed by atoms with Crippen LogP contribution in [0.3, 0.4) is 0 Å². The molecule has 1 nitrogen and oxygen atoms in total. The maximum absolute atomic E-state index is 4.04. The average molecular weight is 203 g/mol. The molecule has 1 rings (SSSR count). The zero-order chi connectivity index (χ0) is 11.6. The molecule has 0 radical (unpaired) electrons. The van der Waals surface area contributed by atoms with Crippen molar-refractivity contribution in [3.8, 4) is 0 Å². The van der Waals surface area contributed by atoms with Crippen molar-refractivity contribution >= 4 is 11.3 Å². The molecule has 0 atom stereocenters. The van der Waals surface area contributed by atoms with Crippen molar-refractivity contribution in [1.82, 2.24) is 0 Å². The molecule has 82 valence electrons. The van der Waals surface area contributed by atoms with E-state index in [0.717, 1.165) is 5.57 Å². The fourth-order valence-electron chi connectivity index (χ4n) is 1.87. The summed E-state index contributed by atoms with van der Waals surface area (Å²) in [5, 5.41) is 0. The van der Waals surface area contributed by atoms with Crippen molar-refractivity contribution in [1.29, 1.82) is 0 Å². The molecule has 0 saturated carbocycles. The molecule has 1 heteroatoms. The highest BCUT2D eigenvalue weighted by Gasteiger charge is 2.12. The number of allylic oxidation sites excluding steroid dienone is 1. The number of rotatable bonds is 3. The molecule has 0 aliphatic heterocycles. The monoisotopic (exact) mass is 203 g/mol. The van der Waals surface area contributed by atoms with E-state index >= 15 is 0 Å². The number of nitrogens with zero attached hydrogens (tertiary/aromatic N) is 1. The molecular weight excluding hydrogens is 182 g/mol. The molecule has 0 bridgehead atoms. The summed E-state index contributed by atoms with van der Waals surface area (Å²) in [6.45, 7) is 10.6. The van der Waals surface area contributed by atoms with Gasteiger partial charge >= 0.3 is 0 Å². The van der Waals surface area contributed by atoms with Gasteiger partial charge in [0.05, 0.1) is 0 Å². The van der Waals surface area contributed by atoms with Gasteiger partial charge in [0, 0.05) is 25.3 Å². The predicted molar refractivity (Wildman–Crippen MR) is 69.6 cm³/mol. The lowest BCUT2D eigenvalue weighted by Gasteiger charge is -2.23. The normalized spacial score (nSPS) is 10.5. The topological polar surface area (TPSA) is 3.24 Å². The Kier molecular flexibility index (Phi) is 3.57. The zero-order valence-corrected chi connectivity index (χ0v) is 10.5. The maximum Gasteiger partial charge on any atom is 0.0472 e. The van der Waals surface area contributed by atoms with Gasteiger partial charge in [-0.25, -0.2) is 0 Å². The van der Waals surface area contributed by atoms with Crippen LogP contribution < -0.4 is 4.90 Å². The van der Waals surface area contributed by atoms with Crippen molar-refractivity contribution < 1.29 is 0 Å². The van der Waals surface area contributed by atoms with E-state index in [1.165, 1.54) is 16.8 Å². The summed E-state index contributed by atoms with van der Waals surface area (Å²) in [6, 6.07) is 6.46. The maximum atomic E-state index is 4.04. The lowest BCUT2D eigenvalue weighted by molar-refractivity contribution is 0.857. The first-order chi connectivity index (χ1) is 6.95. The van der Waals surface area contributed by atoms with Gasteiger partial charge in [-0.15, -0.1) is 0 Å². The number of hydrogen-bond acceptors (Lipinski definition) is 1. The van der Waals surface area contributed by atoms with Gasteiger partial charge in [0.2, 0.25) is 0 Å². The molecule has 0 aliphatic rings.